The molecule has 0 unspecified atom stereocenters. The number of nitrogens with one attached hydrogen (secondary N) is 1. The number of hydrogen-bond acceptors (Lipinski definition) is 4. The van der Waals surface area contributed by atoms with Crippen LogP contribution in [0, 0.1) is 0 Å². The van der Waals surface area contributed by atoms with Gasteiger partial charge in [0.25, 0.3) is 0 Å². The van der Waals surface area contributed by atoms with Crippen LogP contribution in [-0.4, -0.2) is 22.2 Å². The van der Waals surface area contributed by atoms with Gasteiger partial charge in [-0.2, -0.15) is 0 Å². The van der Waals surface area contributed by atoms with Crippen LogP contribution >= 0.6 is 0 Å². The Balaban J connectivity index is 2.32. The van der Waals surface area contributed by atoms with Crippen molar-refractivity contribution in [2.45, 2.75) is 6.42 Å². The number of rotatable bonds is 3. The second-order valence-corrected chi connectivity index (χ2v) is 3.63. The highest BCUT2D eigenvalue weighted by molar-refractivity contribution is 5.92. The van der Waals surface area contributed by atoms with Gasteiger partial charge < -0.3 is 14.8 Å². The van der Waals surface area contributed by atoms with Crippen LogP contribution in [-0.2, 0) is 11.8 Å². The van der Waals surface area contributed by atoms with Gasteiger partial charge in [-0.05, 0) is 12.1 Å². The number of amides is 1. The second-order valence-electron chi connectivity index (χ2n) is 3.63. The van der Waals surface area contributed by atoms with Gasteiger partial charge in [0.15, 0.2) is 5.58 Å². The van der Waals surface area contributed by atoms with Crippen LogP contribution in [0.1, 0.15) is 6.42 Å². The van der Waals surface area contributed by atoms with Crippen LogP contribution < -0.4 is 11.1 Å². The predicted octanol–water partition coefficient (Wildman–Crippen LogP) is 0.452. The van der Waals surface area contributed by atoms with E-state index in [1.165, 1.54) is 4.57 Å². The molecule has 2 rings (SSSR count). The Kier molecular flexibility index (Phi) is 2.97. The van der Waals surface area contributed by atoms with Crippen molar-refractivity contribution in [1.29, 1.82) is 0 Å². The van der Waals surface area contributed by atoms with Crippen molar-refractivity contribution in [2.75, 3.05) is 11.9 Å². The van der Waals surface area contributed by atoms with Crippen LogP contribution in [0.3, 0.4) is 0 Å². The molecule has 6 nitrogen and oxygen atoms in total. The number of anilines is 1. The smallest absolute Gasteiger partial charge is 0.408 e. The van der Waals surface area contributed by atoms with Crippen molar-refractivity contribution in [1.82, 2.24) is 4.57 Å². The molecule has 1 aromatic heterocycles. The van der Waals surface area contributed by atoms with Gasteiger partial charge in [0.1, 0.15) is 0 Å². The van der Waals surface area contributed by atoms with E-state index < -0.39 is 5.76 Å². The van der Waals surface area contributed by atoms with Crippen molar-refractivity contribution in [3.63, 3.8) is 0 Å². The van der Waals surface area contributed by atoms with Crippen LogP contribution in [0.4, 0.5) is 5.69 Å². The molecule has 0 aliphatic carbocycles. The minimum absolute atomic E-state index is 0.0385. The summed E-state index contributed by atoms with van der Waals surface area (Å²) in [5, 5.41) is 11.2. The average Bonchev–Trinajstić information content (AvgIpc) is 2.55. The van der Waals surface area contributed by atoms with E-state index in [1.54, 1.807) is 25.2 Å². The lowest BCUT2D eigenvalue weighted by Gasteiger charge is -2.03. The predicted molar refractivity (Wildman–Crippen MR) is 61.8 cm³/mol. The Morgan fingerprint density at radius 3 is 3.00 bits per heavy atom. The second kappa shape index (κ2) is 4.42. The topological polar surface area (TPSA) is 84.5 Å². The van der Waals surface area contributed by atoms with Crippen molar-refractivity contribution < 1.29 is 14.3 Å². The number of aryl methyl sites for hydroxylation is 1. The zero-order valence-corrected chi connectivity index (χ0v) is 9.27. The van der Waals surface area contributed by atoms with E-state index in [1.807, 2.05) is 0 Å². The van der Waals surface area contributed by atoms with Gasteiger partial charge in [0.05, 0.1) is 18.5 Å². The van der Waals surface area contributed by atoms with Crippen LogP contribution in [0.5, 0.6) is 0 Å². The molecule has 0 aliphatic rings. The number of nitrogens with zero attached hydrogens (tertiary/aromatic N) is 1. The first-order chi connectivity index (χ1) is 8.11. The van der Waals surface area contributed by atoms with Gasteiger partial charge in [0, 0.05) is 18.8 Å². The SMILES string of the molecule is Cn1c(=O)oc2cc(NC(=O)CCO)ccc21. The first-order valence-electron chi connectivity index (χ1n) is 5.12. The summed E-state index contributed by atoms with van der Waals surface area (Å²) < 4.78 is 6.37. The number of benzene rings is 1. The van der Waals surface area contributed by atoms with Gasteiger partial charge in [-0.3, -0.25) is 9.36 Å². The van der Waals surface area contributed by atoms with Crippen LogP contribution in [0.25, 0.3) is 11.1 Å². The molecule has 0 bridgehead atoms. The first kappa shape index (κ1) is 11.4. The molecular weight excluding hydrogens is 224 g/mol. The molecule has 1 heterocycles. The molecule has 0 fully saturated rings. The molecule has 1 amide bonds. The van der Waals surface area contributed by atoms with E-state index in [9.17, 15) is 9.59 Å². The fourth-order valence-corrected chi connectivity index (χ4v) is 1.54. The lowest BCUT2D eigenvalue weighted by Crippen LogP contribution is -2.12. The summed E-state index contributed by atoms with van der Waals surface area (Å²) in [7, 11) is 1.61. The van der Waals surface area contributed by atoms with Gasteiger partial charge in [-0.25, -0.2) is 4.79 Å². The lowest BCUT2D eigenvalue weighted by molar-refractivity contribution is -0.116. The number of aromatic nitrogens is 1. The maximum atomic E-state index is 11.3. The van der Waals surface area contributed by atoms with Crippen molar-refractivity contribution >= 4 is 22.7 Å². The number of carbonyl (C=O) groups excluding carboxylic acids is 1. The van der Waals surface area contributed by atoms with Crippen LogP contribution in [0.15, 0.2) is 27.4 Å². The summed E-state index contributed by atoms with van der Waals surface area (Å²) in [5.41, 5.74) is 1.61. The number of carbonyl (C=O) groups is 1. The third kappa shape index (κ3) is 2.21. The third-order valence-corrected chi connectivity index (χ3v) is 2.41. The summed E-state index contributed by atoms with van der Waals surface area (Å²) in [6.07, 6.45) is 0.0385. The molecule has 17 heavy (non-hydrogen) atoms. The molecule has 0 saturated heterocycles. The van der Waals surface area contributed by atoms with Gasteiger partial charge in [0.2, 0.25) is 5.91 Å². The molecule has 2 N–H and O–H groups in total. The number of hydrogen-bond donors (Lipinski definition) is 2. The third-order valence-electron chi connectivity index (χ3n) is 2.41. The Hall–Kier alpha value is -2.08. The van der Waals surface area contributed by atoms with Gasteiger partial charge in [-0.15, -0.1) is 0 Å². The van der Waals surface area contributed by atoms with Gasteiger partial charge >= 0.3 is 5.76 Å². The van der Waals surface area contributed by atoms with E-state index >= 15 is 0 Å². The molecule has 90 valence electrons. The molecule has 0 saturated carbocycles. The standard InChI is InChI=1S/C11H12N2O4/c1-13-8-3-2-7(12-10(15)4-5-14)6-9(8)17-11(13)16/h2-3,6,14H,4-5H2,1H3,(H,12,15). The highest BCUT2D eigenvalue weighted by Crippen LogP contribution is 2.17. The highest BCUT2D eigenvalue weighted by atomic mass is 16.4. The Morgan fingerprint density at radius 1 is 1.53 bits per heavy atom. The Morgan fingerprint density at radius 2 is 2.29 bits per heavy atom. The van der Waals surface area contributed by atoms with Crippen LogP contribution in [0.2, 0.25) is 0 Å². The quantitative estimate of drug-likeness (QED) is 0.810. The number of aliphatic hydroxyl groups is 1. The largest absolute Gasteiger partial charge is 0.419 e. The van der Waals surface area contributed by atoms with Gasteiger partial charge in [-0.1, -0.05) is 0 Å². The molecule has 6 heteroatoms. The number of aliphatic hydroxyl groups excluding tert-OH is 1. The lowest BCUT2D eigenvalue weighted by atomic mass is 10.2. The fourth-order valence-electron chi connectivity index (χ4n) is 1.54. The van der Waals surface area contributed by atoms with E-state index in [2.05, 4.69) is 5.32 Å². The molecule has 0 atom stereocenters. The minimum atomic E-state index is -0.446. The Labute approximate surface area is 96.5 Å². The molecule has 0 radical (unpaired) electrons. The minimum Gasteiger partial charge on any atom is -0.408 e. The monoisotopic (exact) mass is 236 g/mol. The fraction of sp³-hybridized carbons (Fsp3) is 0.273. The summed E-state index contributed by atoms with van der Waals surface area (Å²) in [4.78, 5) is 22.5. The summed E-state index contributed by atoms with van der Waals surface area (Å²) >= 11 is 0. The Bertz CT molecular complexity index is 611. The van der Waals surface area contributed by atoms with E-state index in [-0.39, 0.29) is 18.9 Å². The maximum absolute atomic E-state index is 11.3. The zero-order valence-electron chi connectivity index (χ0n) is 9.27. The normalized spacial score (nSPS) is 10.7. The summed E-state index contributed by atoms with van der Waals surface area (Å²) in [5.74, 6) is -0.732. The summed E-state index contributed by atoms with van der Waals surface area (Å²) in [6, 6.07) is 4.94. The molecule has 1 aromatic carbocycles. The first-order valence-corrected chi connectivity index (χ1v) is 5.12. The number of fused-ring (bicyclic) bond motifs is 1. The summed E-state index contributed by atoms with van der Waals surface area (Å²) in [6.45, 7) is -0.200. The van der Waals surface area contributed by atoms with Crippen molar-refractivity contribution in [3.8, 4) is 0 Å². The van der Waals surface area contributed by atoms with E-state index in [0.717, 1.165) is 0 Å². The highest BCUT2D eigenvalue weighted by Gasteiger charge is 2.07. The number of oxazole rings is 1. The molecule has 0 aliphatic heterocycles. The molecule has 0 spiro atoms. The van der Waals surface area contributed by atoms with E-state index in [0.29, 0.717) is 16.8 Å². The maximum Gasteiger partial charge on any atom is 0.419 e. The average molecular weight is 236 g/mol. The molecular formula is C11H12N2O4. The van der Waals surface area contributed by atoms with Crippen molar-refractivity contribution in [2.24, 2.45) is 7.05 Å². The molecule has 2 aromatic rings. The van der Waals surface area contributed by atoms with E-state index in [4.69, 9.17) is 9.52 Å². The van der Waals surface area contributed by atoms with Crippen molar-refractivity contribution in [3.05, 3.63) is 28.7 Å². The zero-order chi connectivity index (χ0) is 12.4.